The van der Waals surface area contributed by atoms with Crippen LogP contribution in [0.1, 0.15) is 30.5 Å². The molecule has 0 radical (unpaired) electrons. The summed E-state index contributed by atoms with van der Waals surface area (Å²) >= 11 is 0. The zero-order valence-electron chi connectivity index (χ0n) is 12.5. The lowest BCUT2D eigenvalue weighted by Gasteiger charge is -2.25. The highest BCUT2D eigenvalue weighted by Crippen LogP contribution is 2.25. The molecule has 2 rings (SSSR count). The molecule has 0 atom stereocenters. The number of rotatable bonds is 6. The fourth-order valence-electron chi connectivity index (χ4n) is 2.05. The Balaban J connectivity index is 2.03. The summed E-state index contributed by atoms with van der Waals surface area (Å²) in [6.07, 6.45) is 5.05. The van der Waals surface area contributed by atoms with Crippen LogP contribution in [0.4, 0.5) is 0 Å². The van der Waals surface area contributed by atoms with Crippen LogP contribution in [-0.2, 0) is 21.6 Å². The summed E-state index contributed by atoms with van der Waals surface area (Å²) in [5.74, 6) is 0. The van der Waals surface area contributed by atoms with Crippen molar-refractivity contribution in [2.24, 2.45) is 0 Å². The maximum Gasteiger partial charge on any atom is 0.127 e. The first-order valence-corrected chi connectivity index (χ1v) is 7.04. The Hall–Kier alpha value is -2.35. The van der Waals surface area contributed by atoms with Crippen molar-refractivity contribution in [2.75, 3.05) is 0 Å². The number of ether oxygens (including phenoxy) is 1. The summed E-state index contributed by atoms with van der Waals surface area (Å²) in [7, 11) is 0. The van der Waals surface area contributed by atoms with Crippen molar-refractivity contribution in [3.05, 3.63) is 77.5 Å². The van der Waals surface area contributed by atoms with E-state index >= 15 is 0 Å². The minimum Gasteiger partial charge on any atom is -0.491 e. The molecule has 2 heteroatoms. The zero-order valence-corrected chi connectivity index (χ0v) is 12.5. The smallest absolute Gasteiger partial charge is 0.127 e. The summed E-state index contributed by atoms with van der Waals surface area (Å²) in [6, 6.07) is 18.0. The van der Waals surface area contributed by atoms with Crippen molar-refractivity contribution < 1.29 is 9.53 Å². The minimum absolute atomic E-state index is 0.412. The molecule has 0 bridgehead atoms. The van der Waals surface area contributed by atoms with Gasteiger partial charge in [0, 0.05) is 6.42 Å². The Morgan fingerprint density at radius 1 is 1.00 bits per heavy atom. The first kappa shape index (κ1) is 15.0. The van der Waals surface area contributed by atoms with Gasteiger partial charge in [-0.05, 0) is 36.6 Å². The Labute approximate surface area is 126 Å². The molecule has 0 aromatic heterocycles. The molecule has 2 aromatic carbocycles. The topological polar surface area (TPSA) is 26.3 Å². The van der Waals surface area contributed by atoms with Gasteiger partial charge in [-0.25, -0.2) is 0 Å². The van der Waals surface area contributed by atoms with Crippen molar-refractivity contribution in [3.63, 3.8) is 0 Å². The van der Waals surface area contributed by atoms with Gasteiger partial charge in [-0.15, -0.1) is 0 Å². The van der Waals surface area contributed by atoms with E-state index < -0.39 is 5.60 Å². The molecule has 0 heterocycles. The fraction of sp³-hybridized carbons (Fsp3) is 0.211. The van der Waals surface area contributed by atoms with Crippen LogP contribution in [0.25, 0.3) is 6.08 Å². The second-order valence-corrected chi connectivity index (χ2v) is 5.41. The van der Waals surface area contributed by atoms with E-state index in [2.05, 4.69) is 0 Å². The molecule has 0 fully saturated rings. The first-order chi connectivity index (χ1) is 10.1. The van der Waals surface area contributed by atoms with E-state index in [9.17, 15) is 4.79 Å². The second kappa shape index (κ2) is 6.89. The van der Waals surface area contributed by atoms with Gasteiger partial charge < -0.3 is 9.53 Å². The Bertz CT molecular complexity index is 595. The zero-order chi connectivity index (χ0) is 15.1. The van der Waals surface area contributed by atoms with Gasteiger partial charge in [0.05, 0.1) is 6.26 Å². The maximum atomic E-state index is 10.5. The van der Waals surface area contributed by atoms with Crippen LogP contribution in [0.3, 0.4) is 0 Å². The molecule has 21 heavy (non-hydrogen) atoms. The minimum atomic E-state index is -0.412. The number of benzene rings is 2. The molecule has 108 valence electrons. The van der Waals surface area contributed by atoms with Crippen LogP contribution < -0.4 is 0 Å². The van der Waals surface area contributed by atoms with Gasteiger partial charge in [-0.1, -0.05) is 54.6 Å². The van der Waals surface area contributed by atoms with Crippen molar-refractivity contribution in [3.8, 4) is 0 Å². The normalized spacial score (nSPS) is 11.5. The molecule has 0 aliphatic heterocycles. The molecule has 2 nitrogen and oxygen atoms in total. The molecule has 0 unspecified atom stereocenters. The van der Waals surface area contributed by atoms with Gasteiger partial charge in [0.2, 0.25) is 0 Å². The van der Waals surface area contributed by atoms with Gasteiger partial charge in [-0.3, -0.25) is 0 Å². The van der Waals surface area contributed by atoms with E-state index in [-0.39, 0.29) is 0 Å². The molecule has 0 aliphatic rings. The van der Waals surface area contributed by atoms with E-state index in [1.807, 2.05) is 74.5 Å². The van der Waals surface area contributed by atoms with E-state index in [4.69, 9.17) is 4.74 Å². The van der Waals surface area contributed by atoms with E-state index in [0.717, 1.165) is 23.0 Å². The first-order valence-electron chi connectivity index (χ1n) is 7.04. The fourth-order valence-corrected chi connectivity index (χ4v) is 2.05. The molecule has 0 N–H and O–H groups in total. The summed E-state index contributed by atoms with van der Waals surface area (Å²) < 4.78 is 5.87. The predicted octanol–water partition coefficient (Wildman–Crippen LogP) is 4.35. The average Bonchev–Trinajstić information content (AvgIpc) is 2.49. The lowest BCUT2D eigenvalue weighted by atomic mass is 9.96. The Kier molecular flexibility index (Phi) is 4.94. The lowest BCUT2D eigenvalue weighted by Crippen LogP contribution is -2.18. The van der Waals surface area contributed by atoms with Crippen molar-refractivity contribution in [1.82, 2.24) is 0 Å². The highest BCUT2D eigenvalue weighted by atomic mass is 16.5. The average molecular weight is 280 g/mol. The largest absolute Gasteiger partial charge is 0.491 e. The molecular weight excluding hydrogens is 260 g/mol. The van der Waals surface area contributed by atoms with Crippen LogP contribution in [0.15, 0.2) is 60.9 Å². The van der Waals surface area contributed by atoms with Gasteiger partial charge in [-0.2, -0.15) is 0 Å². The van der Waals surface area contributed by atoms with Gasteiger partial charge in [0.25, 0.3) is 0 Å². The Morgan fingerprint density at radius 2 is 1.67 bits per heavy atom. The van der Waals surface area contributed by atoms with Crippen LogP contribution in [0.2, 0.25) is 0 Å². The molecule has 0 aliphatic carbocycles. The second-order valence-electron chi connectivity index (χ2n) is 5.41. The standard InChI is InChI=1S/C19H20O2/c1-19(2,18-10-8-17(9-11-18)12-14-20)21-15-13-16-6-4-3-5-7-16/h3-11,13-15H,12H2,1-2H3. The quantitative estimate of drug-likeness (QED) is 0.581. The summed E-state index contributed by atoms with van der Waals surface area (Å²) in [5, 5.41) is 0. The SMILES string of the molecule is CC(C)(OC=Cc1ccccc1)c1ccc(CC=O)cc1. The van der Waals surface area contributed by atoms with E-state index in [1.54, 1.807) is 6.26 Å². The summed E-state index contributed by atoms with van der Waals surface area (Å²) in [5.41, 5.74) is 2.79. The molecule has 0 spiro atoms. The van der Waals surface area contributed by atoms with Crippen molar-refractivity contribution in [1.29, 1.82) is 0 Å². The van der Waals surface area contributed by atoms with Gasteiger partial charge in [0.15, 0.2) is 0 Å². The van der Waals surface area contributed by atoms with Crippen LogP contribution in [-0.4, -0.2) is 6.29 Å². The molecular formula is C19H20O2. The molecule has 2 aromatic rings. The molecule has 0 saturated carbocycles. The van der Waals surface area contributed by atoms with E-state index in [0.29, 0.717) is 6.42 Å². The number of hydrogen-bond donors (Lipinski definition) is 0. The molecule has 0 amide bonds. The number of aldehydes is 1. The summed E-state index contributed by atoms with van der Waals surface area (Å²) in [6.45, 7) is 4.05. The van der Waals surface area contributed by atoms with Crippen LogP contribution in [0, 0.1) is 0 Å². The monoisotopic (exact) mass is 280 g/mol. The number of carbonyl (C=O) groups is 1. The lowest BCUT2D eigenvalue weighted by molar-refractivity contribution is -0.107. The van der Waals surface area contributed by atoms with Gasteiger partial charge >= 0.3 is 0 Å². The third-order valence-electron chi connectivity index (χ3n) is 3.39. The molecule has 0 saturated heterocycles. The van der Waals surface area contributed by atoms with Crippen molar-refractivity contribution in [2.45, 2.75) is 25.9 Å². The number of carbonyl (C=O) groups excluding carboxylic acids is 1. The van der Waals surface area contributed by atoms with Crippen LogP contribution in [0.5, 0.6) is 0 Å². The van der Waals surface area contributed by atoms with Gasteiger partial charge in [0.1, 0.15) is 11.9 Å². The Morgan fingerprint density at radius 3 is 2.29 bits per heavy atom. The highest BCUT2D eigenvalue weighted by molar-refractivity contribution is 5.55. The third kappa shape index (κ3) is 4.32. The maximum absolute atomic E-state index is 10.5. The van der Waals surface area contributed by atoms with E-state index in [1.165, 1.54) is 0 Å². The number of hydrogen-bond acceptors (Lipinski definition) is 2. The third-order valence-corrected chi connectivity index (χ3v) is 3.39. The van der Waals surface area contributed by atoms with Crippen LogP contribution >= 0.6 is 0 Å². The summed E-state index contributed by atoms with van der Waals surface area (Å²) in [4.78, 5) is 10.5. The highest BCUT2D eigenvalue weighted by Gasteiger charge is 2.20. The van der Waals surface area contributed by atoms with Crippen molar-refractivity contribution >= 4 is 12.4 Å². The predicted molar refractivity (Wildman–Crippen MR) is 85.8 cm³/mol.